The van der Waals surface area contributed by atoms with E-state index in [2.05, 4.69) is 5.10 Å². The lowest BCUT2D eigenvalue weighted by atomic mass is 9.89. The average molecular weight is 355 g/mol. The lowest BCUT2D eigenvalue weighted by Crippen LogP contribution is -2.37. The van der Waals surface area contributed by atoms with Crippen molar-refractivity contribution in [2.24, 2.45) is 0 Å². The van der Waals surface area contributed by atoms with Crippen molar-refractivity contribution < 1.29 is 27.6 Å². The Hall–Kier alpha value is -2.91. The van der Waals surface area contributed by atoms with Crippen LogP contribution in [0.2, 0.25) is 0 Å². The SMILES string of the molecule is O=C(OC1CC(n2nccc2C(F)(F)F)C1)c1ccc([N+](=O)[O-])cc1. The molecule has 1 aliphatic carbocycles. The number of nitrogens with zero attached hydrogens (tertiary/aromatic N) is 3. The van der Waals surface area contributed by atoms with E-state index in [1.54, 1.807) is 0 Å². The van der Waals surface area contributed by atoms with Gasteiger partial charge in [0.1, 0.15) is 11.8 Å². The number of nitro groups is 1. The van der Waals surface area contributed by atoms with Crippen LogP contribution in [0.15, 0.2) is 36.5 Å². The van der Waals surface area contributed by atoms with Gasteiger partial charge in [-0.15, -0.1) is 0 Å². The lowest BCUT2D eigenvalue weighted by molar-refractivity contribution is -0.384. The van der Waals surface area contributed by atoms with Gasteiger partial charge >= 0.3 is 12.1 Å². The minimum absolute atomic E-state index is 0.143. The number of aromatic nitrogens is 2. The first kappa shape index (κ1) is 16.9. The number of alkyl halides is 3. The number of nitro benzene ring substituents is 1. The zero-order valence-corrected chi connectivity index (χ0v) is 12.6. The summed E-state index contributed by atoms with van der Waals surface area (Å²) in [5.74, 6) is -0.671. The van der Waals surface area contributed by atoms with Crippen LogP contribution < -0.4 is 0 Å². The Balaban J connectivity index is 1.58. The van der Waals surface area contributed by atoms with Gasteiger partial charge < -0.3 is 4.74 Å². The Labute approximate surface area is 139 Å². The van der Waals surface area contributed by atoms with E-state index in [4.69, 9.17) is 4.74 Å². The minimum Gasteiger partial charge on any atom is -0.459 e. The van der Waals surface area contributed by atoms with Gasteiger partial charge in [-0.3, -0.25) is 14.8 Å². The molecule has 0 atom stereocenters. The van der Waals surface area contributed by atoms with Crippen LogP contribution in [-0.4, -0.2) is 26.8 Å². The van der Waals surface area contributed by atoms with Crippen LogP contribution in [0, 0.1) is 10.1 Å². The van der Waals surface area contributed by atoms with E-state index < -0.39 is 34.9 Å². The molecule has 0 N–H and O–H groups in total. The number of esters is 1. The Morgan fingerprint density at radius 3 is 2.44 bits per heavy atom. The number of rotatable bonds is 4. The largest absolute Gasteiger partial charge is 0.459 e. The first-order chi connectivity index (χ1) is 11.8. The molecular formula is C15H12F3N3O4. The smallest absolute Gasteiger partial charge is 0.433 e. The molecule has 2 aromatic rings. The summed E-state index contributed by atoms with van der Waals surface area (Å²) >= 11 is 0. The zero-order valence-electron chi connectivity index (χ0n) is 12.6. The van der Waals surface area contributed by atoms with Gasteiger partial charge in [-0.05, 0) is 18.2 Å². The van der Waals surface area contributed by atoms with Crippen LogP contribution >= 0.6 is 0 Å². The number of hydrogen-bond donors (Lipinski definition) is 0. The summed E-state index contributed by atoms with van der Waals surface area (Å²) in [7, 11) is 0. The van der Waals surface area contributed by atoms with E-state index in [1.165, 1.54) is 24.3 Å². The van der Waals surface area contributed by atoms with Crippen molar-refractivity contribution in [2.75, 3.05) is 0 Å². The molecule has 3 rings (SSSR count). The quantitative estimate of drug-likeness (QED) is 0.477. The molecule has 1 heterocycles. The number of non-ortho nitro benzene ring substituents is 1. The molecule has 0 radical (unpaired) electrons. The monoisotopic (exact) mass is 355 g/mol. The maximum atomic E-state index is 12.8. The fourth-order valence-electron chi connectivity index (χ4n) is 2.60. The summed E-state index contributed by atoms with van der Waals surface area (Å²) < 4.78 is 44.6. The molecule has 25 heavy (non-hydrogen) atoms. The van der Waals surface area contributed by atoms with Crippen molar-refractivity contribution in [2.45, 2.75) is 31.2 Å². The highest BCUT2D eigenvalue weighted by atomic mass is 19.4. The molecule has 7 nitrogen and oxygen atoms in total. The highest BCUT2D eigenvalue weighted by molar-refractivity contribution is 5.89. The predicted molar refractivity (Wildman–Crippen MR) is 77.8 cm³/mol. The lowest BCUT2D eigenvalue weighted by Gasteiger charge is -2.35. The van der Waals surface area contributed by atoms with Gasteiger partial charge in [0.05, 0.1) is 16.5 Å². The maximum absolute atomic E-state index is 12.8. The van der Waals surface area contributed by atoms with Gasteiger partial charge in [-0.25, -0.2) is 4.79 Å². The Bertz CT molecular complexity index is 795. The van der Waals surface area contributed by atoms with Gasteiger partial charge in [0, 0.05) is 31.2 Å². The van der Waals surface area contributed by atoms with Crippen LogP contribution in [0.25, 0.3) is 0 Å². The number of benzene rings is 1. The Morgan fingerprint density at radius 1 is 1.24 bits per heavy atom. The van der Waals surface area contributed by atoms with Crippen molar-refractivity contribution in [3.63, 3.8) is 0 Å². The van der Waals surface area contributed by atoms with Crippen LogP contribution in [0.1, 0.15) is 34.9 Å². The van der Waals surface area contributed by atoms with Crippen molar-refractivity contribution in [3.8, 4) is 0 Å². The molecule has 0 amide bonds. The molecule has 1 aromatic carbocycles. The molecule has 132 valence electrons. The second-order valence-electron chi connectivity index (χ2n) is 5.62. The molecular weight excluding hydrogens is 343 g/mol. The molecule has 1 aromatic heterocycles. The molecule has 1 aliphatic rings. The third-order valence-electron chi connectivity index (χ3n) is 3.96. The first-order valence-corrected chi connectivity index (χ1v) is 7.32. The second kappa shape index (κ2) is 6.19. The fraction of sp³-hybridized carbons (Fsp3) is 0.333. The number of carbonyl (C=O) groups is 1. The summed E-state index contributed by atoms with van der Waals surface area (Å²) in [6.45, 7) is 0. The Morgan fingerprint density at radius 2 is 1.88 bits per heavy atom. The maximum Gasteiger partial charge on any atom is 0.433 e. The van der Waals surface area contributed by atoms with E-state index >= 15 is 0 Å². The van der Waals surface area contributed by atoms with Crippen molar-refractivity contribution >= 4 is 11.7 Å². The molecule has 1 fully saturated rings. The molecule has 0 aliphatic heterocycles. The average Bonchev–Trinajstić information content (AvgIpc) is 2.99. The van der Waals surface area contributed by atoms with Gasteiger partial charge in [0.2, 0.25) is 0 Å². The number of ether oxygens (including phenoxy) is 1. The van der Waals surface area contributed by atoms with Gasteiger partial charge in [0.15, 0.2) is 0 Å². The molecule has 1 saturated carbocycles. The molecule has 10 heteroatoms. The molecule has 0 unspecified atom stereocenters. The van der Waals surface area contributed by atoms with Crippen LogP contribution in [0.5, 0.6) is 0 Å². The van der Waals surface area contributed by atoms with Crippen molar-refractivity contribution in [3.05, 3.63) is 57.9 Å². The van der Waals surface area contributed by atoms with Gasteiger partial charge in [-0.1, -0.05) is 0 Å². The van der Waals surface area contributed by atoms with E-state index in [9.17, 15) is 28.1 Å². The van der Waals surface area contributed by atoms with Crippen LogP contribution in [-0.2, 0) is 10.9 Å². The third kappa shape index (κ3) is 3.47. The van der Waals surface area contributed by atoms with Crippen molar-refractivity contribution in [1.29, 1.82) is 0 Å². The summed E-state index contributed by atoms with van der Waals surface area (Å²) in [4.78, 5) is 21.9. The summed E-state index contributed by atoms with van der Waals surface area (Å²) in [6, 6.07) is 5.31. The molecule has 0 spiro atoms. The zero-order chi connectivity index (χ0) is 18.2. The third-order valence-corrected chi connectivity index (χ3v) is 3.96. The topological polar surface area (TPSA) is 87.3 Å². The first-order valence-electron chi connectivity index (χ1n) is 7.32. The summed E-state index contributed by atoms with van der Waals surface area (Å²) in [5, 5.41) is 14.3. The van der Waals surface area contributed by atoms with E-state index in [1.807, 2.05) is 0 Å². The van der Waals surface area contributed by atoms with E-state index in [0.717, 1.165) is 16.9 Å². The number of carbonyl (C=O) groups excluding carboxylic acids is 1. The highest BCUT2D eigenvalue weighted by Gasteiger charge is 2.41. The number of hydrogen-bond acceptors (Lipinski definition) is 5. The van der Waals surface area contributed by atoms with Crippen LogP contribution in [0.4, 0.5) is 18.9 Å². The minimum atomic E-state index is -4.49. The standard InChI is InChI=1S/C15H12F3N3O4/c16-15(17,18)13-5-6-19-20(13)11-7-12(8-11)25-14(22)9-1-3-10(4-2-9)21(23)24/h1-6,11-12H,7-8H2. The van der Waals surface area contributed by atoms with E-state index in [-0.39, 0.29) is 24.1 Å². The fourth-order valence-corrected chi connectivity index (χ4v) is 2.60. The predicted octanol–water partition coefficient (Wildman–Crippen LogP) is 3.37. The summed E-state index contributed by atoms with van der Waals surface area (Å²) in [5.41, 5.74) is -0.847. The second-order valence-corrected chi connectivity index (χ2v) is 5.62. The number of halogens is 3. The van der Waals surface area contributed by atoms with Gasteiger partial charge in [-0.2, -0.15) is 18.3 Å². The van der Waals surface area contributed by atoms with Crippen LogP contribution in [0.3, 0.4) is 0 Å². The summed E-state index contributed by atoms with van der Waals surface area (Å²) in [6.07, 6.45) is -3.47. The molecule has 0 bridgehead atoms. The van der Waals surface area contributed by atoms with Crippen molar-refractivity contribution in [1.82, 2.24) is 9.78 Å². The highest BCUT2D eigenvalue weighted by Crippen LogP contribution is 2.39. The Kier molecular flexibility index (Phi) is 4.19. The van der Waals surface area contributed by atoms with Gasteiger partial charge in [0.25, 0.3) is 5.69 Å². The normalized spacial score (nSPS) is 20.0. The molecule has 0 saturated heterocycles. The van der Waals surface area contributed by atoms with E-state index in [0.29, 0.717) is 0 Å².